The number of anilines is 1. The molecule has 4 heteroatoms. The highest BCUT2D eigenvalue weighted by molar-refractivity contribution is 7.15. The summed E-state index contributed by atoms with van der Waals surface area (Å²) in [4.78, 5) is 8.97. The van der Waals surface area contributed by atoms with Gasteiger partial charge in [-0.05, 0) is 44.6 Å². The van der Waals surface area contributed by atoms with E-state index in [4.69, 9.17) is 4.98 Å². The number of rotatable bonds is 11. The predicted octanol–water partition coefficient (Wildman–Crippen LogP) is 4.22. The average molecular weight is 310 g/mol. The summed E-state index contributed by atoms with van der Waals surface area (Å²) in [6.07, 6.45) is 7.53. The Hall–Kier alpha value is -0.610. The zero-order valence-electron chi connectivity index (χ0n) is 14.0. The maximum Gasteiger partial charge on any atom is 0.185 e. The minimum atomic E-state index is 0.928. The summed E-state index contributed by atoms with van der Waals surface area (Å²) >= 11 is 1.92. The van der Waals surface area contributed by atoms with Crippen LogP contribution < -0.4 is 10.2 Å². The van der Waals surface area contributed by atoms with Crippen LogP contribution in [-0.4, -0.2) is 24.6 Å². The van der Waals surface area contributed by atoms with Gasteiger partial charge in [0, 0.05) is 24.5 Å². The Morgan fingerprint density at radius 2 is 2.00 bits per heavy atom. The predicted molar refractivity (Wildman–Crippen MR) is 93.3 cm³/mol. The number of thiazole rings is 1. The minimum absolute atomic E-state index is 0.928. The van der Waals surface area contributed by atoms with Crippen LogP contribution in [0.2, 0.25) is 0 Å². The smallest absolute Gasteiger partial charge is 0.185 e. The lowest BCUT2D eigenvalue weighted by Gasteiger charge is -2.20. The van der Waals surface area contributed by atoms with Crippen molar-refractivity contribution in [2.45, 2.75) is 65.8 Å². The lowest BCUT2D eigenvalue weighted by atomic mass is 10.2. The van der Waals surface area contributed by atoms with E-state index in [1.165, 1.54) is 54.4 Å². The third-order valence-corrected chi connectivity index (χ3v) is 5.06. The Kier molecular flexibility index (Phi) is 6.97. The molecular formula is C17H31N3S. The van der Waals surface area contributed by atoms with Crippen molar-refractivity contribution in [2.75, 3.05) is 24.5 Å². The Morgan fingerprint density at radius 3 is 2.62 bits per heavy atom. The zero-order valence-corrected chi connectivity index (χ0v) is 14.8. The molecule has 1 heterocycles. The second-order valence-electron chi connectivity index (χ2n) is 6.18. The summed E-state index contributed by atoms with van der Waals surface area (Å²) in [5.41, 5.74) is 1.33. The Morgan fingerprint density at radius 1 is 1.19 bits per heavy atom. The van der Waals surface area contributed by atoms with E-state index in [0.717, 1.165) is 32.0 Å². The van der Waals surface area contributed by atoms with Crippen LogP contribution in [0.25, 0.3) is 0 Å². The number of nitrogens with one attached hydrogen (secondary N) is 1. The van der Waals surface area contributed by atoms with Crippen molar-refractivity contribution in [1.82, 2.24) is 10.3 Å². The molecule has 0 amide bonds. The molecule has 3 nitrogen and oxygen atoms in total. The third-order valence-electron chi connectivity index (χ3n) is 3.91. The molecule has 21 heavy (non-hydrogen) atoms. The van der Waals surface area contributed by atoms with Crippen LogP contribution in [0.4, 0.5) is 5.13 Å². The maximum absolute atomic E-state index is 4.98. The molecule has 1 fully saturated rings. The Bertz CT molecular complexity index is 412. The highest BCUT2D eigenvalue weighted by Crippen LogP contribution is 2.34. The molecule has 0 radical (unpaired) electrons. The summed E-state index contributed by atoms with van der Waals surface area (Å²) in [6.45, 7) is 11.2. The summed E-state index contributed by atoms with van der Waals surface area (Å²) < 4.78 is 0. The first-order valence-corrected chi connectivity index (χ1v) is 9.54. The number of hydrogen-bond acceptors (Lipinski definition) is 4. The second-order valence-corrected chi connectivity index (χ2v) is 7.24. The SMILES string of the molecule is CCCNCc1sc(N(CCC)CC2CC2)nc1CCC. The first-order chi connectivity index (χ1) is 10.3. The average Bonchev–Trinajstić information content (AvgIpc) is 3.20. The van der Waals surface area contributed by atoms with Gasteiger partial charge in [-0.25, -0.2) is 4.98 Å². The number of nitrogens with zero attached hydrogens (tertiary/aromatic N) is 2. The van der Waals surface area contributed by atoms with E-state index in [1.54, 1.807) is 0 Å². The summed E-state index contributed by atoms with van der Waals surface area (Å²) in [7, 11) is 0. The maximum atomic E-state index is 4.98. The van der Waals surface area contributed by atoms with Gasteiger partial charge in [0.05, 0.1) is 5.69 Å². The van der Waals surface area contributed by atoms with E-state index in [1.807, 2.05) is 11.3 Å². The van der Waals surface area contributed by atoms with Gasteiger partial charge in [-0.1, -0.05) is 27.2 Å². The van der Waals surface area contributed by atoms with Crippen LogP contribution in [0.1, 0.15) is 63.4 Å². The fourth-order valence-corrected chi connectivity index (χ4v) is 3.71. The van der Waals surface area contributed by atoms with Crippen molar-refractivity contribution >= 4 is 16.5 Å². The van der Waals surface area contributed by atoms with Gasteiger partial charge in [-0.2, -0.15) is 0 Å². The fraction of sp³-hybridized carbons (Fsp3) is 0.824. The van der Waals surface area contributed by atoms with E-state index in [-0.39, 0.29) is 0 Å². The molecule has 0 aliphatic heterocycles. The first-order valence-electron chi connectivity index (χ1n) is 8.72. The molecule has 1 aliphatic carbocycles. The van der Waals surface area contributed by atoms with E-state index in [0.29, 0.717) is 0 Å². The normalized spacial score (nSPS) is 14.6. The largest absolute Gasteiger partial charge is 0.348 e. The summed E-state index contributed by atoms with van der Waals surface area (Å²) in [5.74, 6) is 0.928. The number of hydrogen-bond donors (Lipinski definition) is 1. The molecule has 1 aromatic heterocycles. The van der Waals surface area contributed by atoms with E-state index in [9.17, 15) is 0 Å². The van der Waals surface area contributed by atoms with Gasteiger partial charge < -0.3 is 10.2 Å². The van der Waals surface area contributed by atoms with Crippen molar-refractivity contribution in [3.8, 4) is 0 Å². The van der Waals surface area contributed by atoms with Crippen molar-refractivity contribution in [3.05, 3.63) is 10.6 Å². The van der Waals surface area contributed by atoms with Crippen molar-refractivity contribution in [3.63, 3.8) is 0 Å². The Labute approximate surface area is 134 Å². The van der Waals surface area contributed by atoms with Crippen LogP contribution in [-0.2, 0) is 13.0 Å². The molecule has 1 aromatic rings. The highest BCUT2D eigenvalue weighted by atomic mass is 32.1. The molecule has 2 rings (SSSR count). The van der Waals surface area contributed by atoms with Crippen LogP contribution in [0.5, 0.6) is 0 Å². The van der Waals surface area contributed by atoms with Gasteiger partial charge >= 0.3 is 0 Å². The fourth-order valence-electron chi connectivity index (χ4n) is 2.60. The molecule has 120 valence electrons. The van der Waals surface area contributed by atoms with Gasteiger partial charge in [0.15, 0.2) is 5.13 Å². The molecule has 1 aliphatic rings. The van der Waals surface area contributed by atoms with Gasteiger partial charge in [-0.3, -0.25) is 0 Å². The third kappa shape index (κ3) is 5.26. The van der Waals surface area contributed by atoms with E-state index in [2.05, 4.69) is 31.0 Å². The van der Waals surface area contributed by atoms with Crippen molar-refractivity contribution < 1.29 is 0 Å². The van der Waals surface area contributed by atoms with Crippen molar-refractivity contribution in [1.29, 1.82) is 0 Å². The zero-order chi connectivity index (χ0) is 15.1. The molecule has 0 bridgehead atoms. The second kappa shape index (κ2) is 8.74. The number of aromatic nitrogens is 1. The molecular weight excluding hydrogens is 278 g/mol. The number of aryl methyl sites for hydroxylation is 1. The Balaban J connectivity index is 2.06. The van der Waals surface area contributed by atoms with E-state index < -0.39 is 0 Å². The lowest BCUT2D eigenvalue weighted by Crippen LogP contribution is -2.26. The highest BCUT2D eigenvalue weighted by Gasteiger charge is 2.26. The molecule has 0 atom stereocenters. The summed E-state index contributed by atoms with van der Waals surface area (Å²) in [6, 6.07) is 0. The van der Waals surface area contributed by atoms with Crippen LogP contribution in [0.3, 0.4) is 0 Å². The topological polar surface area (TPSA) is 28.2 Å². The van der Waals surface area contributed by atoms with Crippen LogP contribution in [0.15, 0.2) is 0 Å². The summed E-state index contributed by atoms with van der Waals surface area (Å²) in [5, 5.41) is 4.80. The van der Waals surface area contributed by atoms with Crippen LogP contribution >= 0.6 is 11.3 Å². The first kappa shape index (κ1) is 16.8. The molecule has 0 saturated heterocycles. The minimum Gasteiger partial charge on any atom is -0.348 e. The van der Waals surface area contributed by atoms with Gasteiger partial charge in [0.1, 0.15) is 0 Å². The molecule has 1 N–H and O–H groups in total. The molecule has 0 unspecified atom stereocenters. The standard InChI is InChI=1S/C17H31N3S/c1-4-7-15-16(12-18-10-5-2)21-17(19-15)20(11-6-3)13-14-8-9-14/h14,18H,4-13H2,1-3H3. The molecule has 1 saturated carbocycles. The van der Waals surface area contributed by atoms with Crippen molar-refractivity contribution in [2.24, 2.45) is 5.92 Å². The van der Waals surface area contributed by atoms with Gasteiger partial charge in [-0.15, -0.1) is 11.3 Å². The molecule has 0 spiro atoms. The van der Waals surface area contributed by atoms with Gasteiger partial charge in [0.25, 0.3) is 0 Å². The molecule has 0 aromatic carbocycles. The van der Waals surface area contributed by atoms with Gasteiger partial charge in [0.2, 0.25) is 0 Å². The lowest BCUT2D eigenvalue weighted by molar-refractivity contribution is 0.674. The monoisotopic (exact) mass is 309 g/mol. The quantitative estimate of drug-likeness (QED) is 0.620. The van der Waals surface area contributed by atoms with E-state index >= 15 is 0 Å². The van der Waals surface area contributed by atoms with Crippen LogP contribution in [0, 0.1) is 5.92 Å².